The lowest BCUT2D eigenvalue weighted by Gasteiger charge is -2.12. The number of halogens is 2. The number of rotatable bonds is 8. The molecule has 130 valence electrons. The summed E-state index contributed by atoms with van der Waals surface area (Å²) in [6.45, 7) is 6.13. The number of hydrogen-bond donors (Lipinski definition) is 0. The van der Waals surface area contributed by atoms with Crippen LogP contribution in [-0.4, -0.2) is 17.7 Å². The van der Waals surface area contributed by atoms with E-state index in [4.69, 9.17) is 9.47 Å². The topological polar surface area (TPSA) is 31.4 Å². The average molecular weight is 335 g/mol. The van der Waals surface area contributed by atoms with E-state index in [2.05, 4.69) is 11.9 Å². The molecule has 5 heteroatoms. The highest BCUT2D eigenvalue weighted by molar-refractivity contribution is 5.61. The molecule has 0 saturated carbocycles. The smallest absolute Gasteiger partial charge is 0.214 e. The maximum Gasteiger partial charge on any atom is 0.214 e. The molecular formula is C19H23F2NO2. The molecule has 0 fully saturated rings. The van der Waals surface area contributed by atoms with E-state index in [0.717, 1.165) is 19.3 Å². The lowest BCUT2D eigenvalue weighted by molar-refractivity contribution is 0.233. The molecule has 24 heavy (non-hydrogen) atoms. The summed E-state index contributed by atoms with van der Waals surface area (Å²) < 4.78 is 39.1. The summed E-state index contributed by atoms with van der Waals surface area (Å²) in [5.41, 5.74) is 0.795. The van der Waals surface area contributed by atoms with E-state index in [-0.39, 0.29) is 11.9 Å². The predicted molar refractivity (Wildman–Crippen MR) is 90.4 cm³/mol. The number of benzene rings is 1. The summed E-state index contributed by atoms with van der Waals surface area (Å²) in [6.07, 6.45) is 2.73. The molecule has 0 atom stereocenters. The van der Waals surface area contributed by atoms with Crippen LogP contribution < -0.4 is 9.47 Å². The summed E-state index contributed by atoms with van der Waals surface area (Å²) >= 11 is 0. The predicted octanol–water partition coefficient (Wildman–Crippen LogP) is 5.38. The fourth-order valence-electron chi connectivity index (χ4n) is 2.25. The molecule has 1 aromatic carbocycles. The molecule has 0 spiro atoms. The van der Waals surface area contributed by atoms with Gasteiger partial charge in [0.15, 0.2) is 17.4 Å². The van der Waals surface area contributed by atoms with Crippen molar-refractivity contribution in [2.75, 3.05) is 6.61 Å². The van der Waals surface area contributed by atoms with E-state index in [1.807, 2.05) is 13.8 Å². The van der Waals surface area contributed by atoms with Gasteiger partial charge in [0.1, 0.15) is 0 Å². The molecular weight excluding hydrogens is 312 g/mol. The SMILES string of the molecule is CCCCCOc1c(F)cc(-c2cccc(OC(C)C)n2)cc1F. The quantitative estimate of drug-likeness (QED) is 0.607. The Kier molecular flexibility index (Phi) is 6.53. The molecule has 1 heterocycles. The van der Waals surface area contributed by atoms with Crippen LogP contribution in [-0.2, 0) is 0 Å². The van der Waals surface area contributed by atoms with Gasteiger partial charge in [-0.15, -0.1) is 0 Å². The van der Waals surface area contributed by atoms with Gasteiger partial charge in [0, 0.05) is 11.6 Å². The molecule has 3 nitrogen and oxygen atoms in total. The van der Waals surface area contributed by atoms with Crippen molar-refractivity contribution in [1.82, 2.24) is 4.98 Å². The summed E-state index contributed by atoms with van der Waals surface area (Å²) in [7, 11) is 0. The third-order valence-electron chi connectivity index (χ3n) is 3.37. The highest BCUT2D eigenvalue weighted by Crippen LogP contribution is 2.29. The molecule has 0 saturated heterocycles. The van der Waals surface area contributed by atoms with Crippen molar-refractivity contribution in [2.24, 2.45) is 0 Å². The first-order valence-corrected chi connectivity index (χ1v) is 8.27. The van der Waals surface area contributed by atoms with Gasteiger partial charge in [-0.05, 0) is 38.5 Å². The highest BCUT2D eigenvalue weighted by Gasteiger charge is 2.14. The van der Waals surface area contributed by atoms with E-state index in [1.54, 1.807) is 18.2 Å². The lowest BCUT2D eigenvalue weighted by Crippen LogP contribution is -2.07. The summed E-state index contributed by atoms with van der Waals surface area (Å²) in [5, 5.41) is 0. The molecule has 0 aliphatic heterocycles. The molecule has 2 rings (SSSR count). The van der Waals surface area contributed by atoms with E-state index in [9.17, 15) is 8.78 Å². The van der Waals surface area contributed by atoms with E-state index < -0.39 is 11.6 Å². The Hall–Kier alpha value is -2.17. The molecule has 0 bridgehead atoms. The van der Waals surface area contributed by atoms with Gasteiger partial charge in [0.05, 0.1) is 18.4 Å². The fourth-order valence-corrected chi connectivity index (χ4v) is 2.25. The van der Waals surface area contributed by atoms with E-state index >= 15 is 0 Å². The third kappa shape index (κ3) is 4.91. The number of ether oxygens (including phenoxy) is 2. The maximum absolute atomic E-state index is 14.2. The number of nitrogens with zero attached hydrogens (tertiary/aromatic N) is 1. The second-order valence-electron chi connectivity index (χ2n) is 5.85. The van der Waals surface area contributed by atoms with Gasteiger partial charge < -0.3 is 9.47 Å². The van der Waals surface area contributed by atoms with Crippen LogP contribution in [0.2, 0.25) is 0 Å². The number of pyridine rings is 1. The maximum atomic E-state index is 14.2. The number of hydrogen-bond acceptors (Lipinski definition) is 3. The molecule has 0 aliphatic rings. The third-order valence-corrected chi connectivity index (χ3v) is 3.37. The lowest BCUT2D eigenvalue weighted by atomic mass is 10.1. The van der Waals surface area contributed by atoms with Gasteiger partial charge in [-0.25, -0.2) is 13.8 Å². The molecule has 1 aromatic heterocycles. The van der Waals surface area contributed by atoms with Gasteiger partial charge in [0.2, 0.25) is 5.88 Å². The van der Waals surface area contributed by atoms with Crippen molar-refractivity contribution in [3.8, 4) is 22.9 Å². The van der Waals surface area contributed by atoms with Crippen LogP contribution in [0.15, 0.2) is 30.3 Å². The first kappa shape index (κ1) is 18.2. The van der Waals surface area contributed by atoms with Crippen LogP contribution in [0.5, 0.6) is 11.6 Å². The van der Waals surface area contributed by atoms with Crippen molar-refractivity contribution in [1.29, 1.82) is 0 Å². The zero-order chi connectivity index (χ0) is 17.5. The van der Waals surface area contributed by atoms with Gasteiger partial charge in [-0.1, -0.05) is 25.8 Å². The summed E-state index contributed by atoms with van der Waals surface area (Å²) in [4.78, 5) is 4.29. The second-order valence-corrected chi connectivity index (χ2v) is 5.85. The minimum absolute atomic E-state index is 0.0277. The van der Waals surface area contributed by atoms with Crippen LogP contribution in [0.4, 0.5) is 8.78 Å². The largest absolute Gasteiger partial charge is 0.488 e. The Bertz CT molecular complexity index is 651. The Morgan fingerprint density at radius 3 is 2.42 bits per heavy atom. The van der Waals surface area contributed by atoms with Crippen molar-refractivity contribution in [3.05, 3.63) is 42.0 Å². The van der Waals surface area contributed by atoms with Crippen LogP contribution in [0, 0.1) is 11.6 Å². The van der Waals surface area contributed by atoms with Crippen LogP contribution in [0.1, 0.15) is 40.0 Å². The van der Waals surface area contributed by atoms with Crippen molar-refractivity contribution >= 4 is 0 Å². The molecule has 0 radical (unpaired) electrons. The van der Waals surface area contributed by atoms with Crippen LogP contribution >= 0.6 is 0 Å². The molecule has 0 N–H and O–H groups in total. The molecule has 0 unspecified atom stereocenters. The monoisotopic (exact) mass is 335 g/mol. The highest BCUT2D eigenvalue weighted by atomic mass is 19.1. The Balaban J connectivity index is 2.20. The van der Waals surface area contributed by atoms with Gasteiger partial charge in [-0.3, -0.25) is 0 Å². The minimum Gasteiger partial charge on any atom is -0.488 e. The molecule has 2 aromatic rings. The minimum atomic E-state index is -0.724. The molecule has 0 amide bonds. The first-order valence-electron chi connectivity index (χ1n) is 8.27. The van der Waals surface area contributed by atoms with Gasteiger partial charge >= 0.3 is 0 Å². The van der Waals surface area contributed by atoms with Crippen molar-refractivity contribution in [3.63, 3.8) is 0 Å². The zero-order valence-corrected chi connectivity index (χ0v) is 14.3. The van der Waals surface area contributed by atoms with Crippen molar-refractivity contribution in [2.45, 2.75) is 46.1 Å². The zero-order valence-electron chi connectivity index (χ0n) is 14.3. The van der Waals surface area contributed by atoms with E-state index in [0.29, 0.717) is 23.7 Å². The normalized spacial score (nSPS) is 10.9. The Morgan fingerprint density at radius 2 is 1.79 bits per heavy atom. The van der Waals surface area contributed by atoms with Crippen molar-refractivity contribution < 1.29 is 18.3 Å². The van der Waals surface area contributed by atoms with Gasteiger partial charge in [0.25, 0.3) is 0 Å². The summed E-state index contributed by atoms with van der Waals surface area (Å²) in [5.74, 6) is -1.36. The molecule has 0 aliphatic carbocycles. The van der Waals surface area contributed by atoms with Crippen LogP contribution in [0.3, 0.4) is 0 Å². The number of unbranched alkanes of at least 4 members (excludes halogenated alkanes) is 2. The van der Waals surface area contributed by atoms with Crippen LogP contribution in [0.25, 0.3) is 11.3 Å². The van der Waals surface area contributed by atoms with Gasteiger partial charge in [-0.2, -0.15) is 0 Å². The van der Waals surface area contributed by atoms with E-state index in [1.165, 1.54) is 12.1 Å². The Morgan fingerprint density at radius 1 is 1.08 bits per heavy atom. The fraction of sp³-hybridized carbons (Fsp3) is 0.421. The first-order chi connectivity index (χ1) is 11.5. The number of aromatic nitrogens is 1. The second kappa shape index (κ2) is 8.62. The standard InChI is InChI=1S/C19H23F2NO2/c1-4-5-6-10-23-19-15(20)11-14(12-16(19)21)17-8-7-9-18(22-17)24-13(2)3/h7-9,11-13H,4-6,10H2,1-3H3. The Labute approximate surface area is 141 Å². The summed E-state index contributed by atoms with van der Waals surface area (Å²) in [6, 6.07) is 7.61. The average Bonchev–Trinajstić information content (AvgIpc) is 2.53.